The van der Waals surface area contributed by atoms with Gasteiger partial charge in [-0.05, 0) is 54.6 Å². The number of fused-ring (bicyclic) bond motifs is 1. The highest BCUT2D eigenvalue weighted by Crippen LogP contribution is 2.33. The van der Waals surface area contributed by atoms with Gasteiger partial charge in [-0.1, -0.05) is 11.6 Å². The van der Waals surface area contributed by atoms with Gasteiger partial charge in [-0.2, -0.15) is 13.1 Å². The van der Waals surface area contributed by atoms with Crippen LogP contribution in [-0.4, -0.2) is 37.4 Å². The van der Waals surface area contributed by atoms with E-state index in [1.54, 1.807) is 42.7 Å². The normalized spacial score (nSPS) is 14.9. The van der Waals surface area contributed by atoms with E-state index in [1.165, 1.54) is 12.1 Å². The highest BCUT2D eigenvalue weighted by molar-refractivity contribution is 7.91. The van der Waals surface area contributed by atoms with Crippen molar-refractivity contribution < 1.29 is 17.6 Å². The first kappa shape index (κ1) is 22.2. The fraction of sp³-hybridized carbons (Fsp3) is 0.0870. The van der Waals surface area contributed by atoms with Gasteiger partial charge in [-0.25, -0.2) is 4.39 Å². The number of anilines is 2. The number of benzene rings is 2. The summed E-state index contributed by atoms with van der Waals surface area (Å²) in [5.41, 5.74) is 2.24. The molecule has 34 heavy (non-hydrogen) atoms. The molecule has 0 unspecified atom stereocenters. The zero-order valence-corrected chi connectivity index (χ0v) is 19.1. The molecule has 1 aliphatic heterocycles. The SMILES string of the molecule is O=C(Nc1ccc(Cl)c(-c2nccc3ncccc23)c1)c1ccc(N2CCNS2(=O)=O)cc1F. The number of nitrogens with one attached hydrogen (secondary N) is 2. The van der Waals surface area contributed by atoms with Gasteiger partial charge in [0.2, 0.25) is 0 Å². The van der Waals surface area contributed by atoms with Gasteiger partial charge in [0.1, 0.15) is 5.82 Å². The van der Waals surface area contributed by atoms with Gasteiger partial charge in [0.15, 0.2) is 0 Å². The van der Waals surface area contributed by atoms with E-state index in [9.17, 15) is 17.6 Å². The standard InChI is InChI=1S/C23H17ClFN5O3S/c24-19-6-3-14(12-18(19)22-17-2-1-8-26-21(17)7-9-27-22)29-23(31)16-5-4-15(13-20(16)25)30-11-10-28-34(30,32)33/h1-9,12-13,28H,10-11H2,(H,29,31). The average molecular weight is 498 g/mol. The summed E-state index contributed by atoms with van der Waals surface area (Å²) in [7, 11) is -3.70. The molecule has 4 aromatic rings. The largest absolute Gasteiger partial charge is 0.322 e. The minimum absolute atomic E-state index is 0.142. The molecule has 172 valence electrons. The van der Waals surface area contributed by atoms with Crippen molar-refractivity contribution in [2.45, 2.75) is 0 Å². The molecule has 1 aliphatic rings. The third-order valence-electron chi connectivity index (χ3n) is 5.38. The van der Waals surface area contributed by atoms with Gasteiger partial charge in [0, 0.05) is 42.1 Å². The maximum atomic E-state index is 14.8. The molecule has 1 fully saturated rings. The van der Waals surface area contributed by atoms with Gasteiger partial charge in [-0.3, -0.25) is 19.1 Å². The summed E-state index contributed by atoms with van der Waals surface area (Å²) < 4.78 is 42.1. The van der Waals surface area contributed by atoms with Crippen LogP contribution >= 0.6 is 11.6 Å². The number of nitrogens with zero attached hydrogens (tertiary/aromatic N) is 3. The molecule has 3 heterocycles. The van der Waals surface area contributed by atoms with Crippen molar-refractivity contribution in [1.82, 2.24) is 14.7 Å². The number of halogens is 2. The van der Waals surface area contributed by atoms with Crippen LogP contribution in [0.4, 0.5) is 15.8 Å². The number of aromatic nitrogens is 2. The first-order chi connectivity index (χ1) is 16.3. The summed E-state index contributed by atoms with van der Waals surface area (Å²) in [6.45, 7) is 0.408. The Hall–Kier alpha value is -3.60. The van der Waals surface area contributed by atoms with E-state index in [1.807, 2.05) is 6.07 Å². The third-order valence-corrected chi connectivity index (χ3v) is 7.26. The molecule has 0 spiro atoms. The highest BCUT2D eigenvalue weighted by Gasteiger charge is 2.28. The van der Waals surface area contributed by atoms with Crippen LogP contribution in [0.25, 0.3) is 22.2 Å². The molecule has 2 N–H and O–H groups in total. The summed E-state index contributed by atoms with van der Waals surface area (Å²) in [5.74, 6) is -1.53. The van der Waals surface area contributed by atoms with Gasteiger partial charge in [-0.15, -0.1) is 0 Å². The lowest BCUT2D eigenvalue weighted by Crippen LogP contribution is -2.29. The molecule has 0 radical (unpaired) electrons. The number of pyridine rings is 2. The molecule has 2 aromatic carbocycles. The second-order valence-corrected chi connectivity index (χ2v) is 9.60. The van der Waals surface area contributed by atoms with Crippen LogP contribution in [0.2, 0.25) is 5.02 Å². The van der Waals surface area contributed by atoms with Crippen LogP contribution in [0.3, 0.4) is 0 Å². The number of amides is 1. The lowest BCUT2D eigenvalue weighted by molar-refractivity contribution is 0.102. The van der Waals surface area contributed by atoms with Crippen LogP contribution in [0.5, 0.6) is 0 Å². The van der Waals surface area contributed by atoms with E-state index in [0.717, 1.165) is 21.3 Å². The van der Waals surface area contributed by atoms with E-state index in [-0.39, 0.29) is 24.3 Å². The van der Waals surface area contributed by atoms with E-state index in [0.29, 0.717) is 22.0 Å². The molecule has 2 aromatic heterocycles. The molecule has 0 saturated carbocycles. The van der Waals surface area contributed by atoms with Gasteiger partial charge in [0.05, 0.1) is 27.5 Å². The predicted molar refractivity (Wildman–Crippen MR) is 129 cm³/mol. The van der Waals surface area contributed by atoms with E-state index in [2.05, 4.69) is 20.0 Å². The van der Waals surface area contributed by atoms with Crippen LogP contribution < -0.4 is 14.3 Å². The van der Waals surface area contributed by atoms with Crippen molar-refractivity contribution in [2.24, 2.45) is 0 Å². The zero-order valence-electron chi connectivity index (χ0n) is 17.5. The summed E-state index contributed by atoms with van der Waals surface area (Å²) in [4.78, 5) is 21.5. The number of hydrogen-bond donors (Lipinski definition) is 2. The van der Waals surface area contributed by atoms with E-state index in [4.69, 9.17) is 11.6 Å². The molecule has 8 nitrogen and oxygen atoms in total. The van der Waals surface area contributed by atoms with Crippen molar-refractivity contribution in [1.29, 1.82) is 0 Å². The molecular weight excluding hydrogens is 481 g/mol. The van der Waals surface area contributed by atoms with Crippen LogP contribution in [0.1, 0.15) is 10.4 Å². The monoisotopic (exact) mass is 497 g/mol. The second kappa shape index (κ2) is 8.64. The number of carbonyl (C=O) groups is 1. The molecule has 11 heteroatoms. The Morgan fingerprint density at radius 3 is 2.71 bits per heavy atom. The first-order valence-corrected chi connectivity index (χ1v) is 12.0. The third kappa shape index (κ3) is 4.07. The molecule has 0 bridgehead atoms. The van der Waals surface area contributed by atoms with Crippen molar-refractivity contribution in [2.75, 3.05) is 22.7 Å². The first-order valence-electron chi connectivity index (χ1n) is 10.2. The molecule has 5 rings (SSSR count). The Morgan fingerprint density at radius 2 is 1.94 bits per heavy atom. The Bertz CT molecular complexity index is 1540. The predicted octanol–water partition coefficient (Wildman–Crippen LogP) is 4.00. The molecule has 0 atom stereocenters. The van der Waals surface area contributed by atoms with Crippen LogP contribution in [0, 0.1) is 5.82 Å². The van der Waals surface area contributed by atoms with Crippen molar-refractivity contribution in [3.63, 3.8) is 0 Å². The zero-order chi connectivity index (χ0) is 23.9. The molecule has 1 amide bonds. The number of carbonyl (C=O) groups excluding carboxylic acids is 1. The molecular formula is C23H17ClFN5O3S. The smallest absolute Gasteiger partial charge is 0.301 e. The lowest BCUT2D eigenvalue weighted by Gasteiger charge is -2.16. The van der Waals surface area contributed by atoms with Gasteiger partial charge in [0.25, 0.3) is 5.91 Å². The minimum Gasteiger partial charge on any atom is -0.322 e. The lowest BCUT2D eigenvalue weighted by atomic mass is 10.1. The fourth-order valence-corrected chi connectivity index (χ4v) is 5.22. The van der Waals surface area contributed by atoms with E-state index >= 15 is 0 Å². The fourth-order valence-electron chi connectivity index (χ4n) is 3.79. The number of rotatable bonds is 4. The van der Waals surface area contributed by atoms with Crippen LogP contribution in [-0.2, 0) is 10.2 Å². The Kier molecular flexibility index (Phi) is 5.64. The summed E-state index contributed by atoms with van der Waals surface area (Å²) in [6.07, 6.45) is 3.30. The minimum atomic E-state index is -3.70. The van der Waals surface area contributed by atoms with Crippen molar-refractivity contribution in [3.05, 3.63) is 83.4 Å². The quantitative estimate of drug-likeness (QED) is 0.443. The Balaban J connectivity index is 1.44. The number of hydrogen-bond acceptors (Lipinski definition) is 5. The maximum absolute atomic E-state index is 14.8. The summed E-state index contributed by atoms with van der Waals surface area (Å²) in [6, 6.07) is 14.0. The Labute approximate surface area is 199 Å². The van der Waals surface area contributed by atoms with E-state index < -0.39 is 21.9 Å². The van der Waals surface area contributed by atoms with Gasteiger partial charge < -0.3 is 5.32 Å². The maximum Gasteiger partial charge on any atom is 0.301 e. The highest BCUT2D eigenvalue weighted by atomic mass is 35.5. The topological polar surface area (TPSA) is 104 Å². The Morgan fingerprint density at radius 1 is 1.09 bits per heavy atom. The average Bonchev–Trinajstić information content (AvgIpc) is 3.18. The second-order valence-electron chi connectivity index (χ2n) is 7.51. The van der Waals surface area contributed by atoms with Crippen LogP contribution in [0.15, 0.2) is 67.0 Å². The molecule has 0 aliphatic carbocycles. The molecule has 1 saturated heterocycles. The van der Waals surface area contributed by atoms with Crippen molar-refractivity contribution >= 4 is 50.0 Å². The summed E-state index contributed by atoms with van der Waals surface area (Å²) >= 11 is 6.42. The summed E-state index contributed by atoms with van der Waals surface area (Å²) in [5, 5.41) is 3.89. The van der Waals surface area contributed by atoms with Crippen molar-refractivity contribution in [3.8, 4) is 11.3 Å². The van der Waals surface area contributed by atoms with Gasteiger partial charge >= 0.3 is 10.2 Å².